The van der Waals surface area contributed by atoms with Gasteiger partial charge in [0.05, 0.1) is 5.56 Å². The van der Waals surface area contributed by atoms with Gasteiger partial charge < -0.3 is 4.74 Å². The minimum absolute atomic E-state index is 0.374. The molecule has 0 fully saturated rings. The summed E-state index contributed by atoms with van der Waals surface area (Å²) in [5, 5.41) is 2.13. The van der Waals surface area contributed by atoms with Crippen molar-refractivity contribution in [1.29, 1.82) is 0 Å². The Morgan fingerprint density at radius 2 is 2.07 bits per heavy atom. The van der Waals surface area contributed by atoms with Gasteiger partial charge in [0.2, 0.25) is 0 Å². The van der Waals surface area contributed by atoms with Crippen molar-refractivity contribution in [2.45, 2.75) is 0 Å². The van der Waals surface area contributed by atoms with Gasteiger partial charge in [0.1, 0.15) is 0 Å². The lowest BCUT2D eigenvalue weighted by molar-refractivity contribution is 0.0734. The van der Waals surface area contributed by atoms with Gasteiger partial charge in [0.25, 0.3) is 5.19 Å². The Balaban J connectivity index is 2.11. The summed E-state index contributed by atoms with van der Waals surface area (Å²) in [6, 6.07) is 8.84. The third kappa shape index (κ3) is 1.97. The summed E-state index contributed by atoms with van der Waals surface area (Å²) in [5.41, 5.74) is 0.530. The first kappa shape index (κ1) is 8.90. The molecule has 1 aromatic carbocycles. The molecule has 0 spiro atoms. The molecule has 1 aromatic heterocycles. The van der Waals surface area contributed by atoms with E-state index in [9.17, 15) is 4.79 Å². The van der Waals surface area contributed by atoms with Crippen molar-refractivity contribution in [3.63, 3.8) is 0 Å². The van der Waals surface area contributed by atoms with Crippen molar-refractivity contribution < 1.29 is 9.53 Å². The summed E-state index contributed by atoms with van der Waals surface area (Å²) in [7, 11) is 0. The van der Waals surface area contributed by atoms with Crippen LogP contribution in [0.4, 0.5) is 0 Å². The van der Waals surface area contributed by atoms with Gasteiger partial charge in [-0.2, -0.15) is 0 Å². The summed E-state index contributed by atoms with van der Waals surface area (Å²) in [6.45, 7) is 0. The van der Waals surface area contributed by atoms with Crippen molar-refractivity contribution in [3.05, 3.63) is 47.5 Å². The molecule has 2 aromatic rings. The van der Waals surface area contributed by atoms with E-state index in [1.807, 2.05) is 6.07 Å². The van der Waals surface area contributed by atoms with Crippen LogP contribution in [0.25, 0.3) is 0 Å². The molecule has 0 saturated carbocycles. The number of rotatable bonds is 2. The van der Waals surface area contributed by atoms with Crippen LogP contribution >= 0.6 is 11.3 Å². The molecule has 0 bridgehead atoms. The summed E-state index contributed by atoms with van der Waals surface area (Å²) in [6.07, 6.45) is 1.60. The Morgan fingerprint density at radius 3 is 2.71 bits per heavy atom. The molecule has 0 aliphatic rings. The highest BCUT2D eigenvalue weighted by molar-refractivity contribution is 7.11. The zero-order chi connectivity index (χ0) is 9.80. The van der Waals surface area contributed by atoms with E-state index in [4.69, 9.17) is 4.74 Å². The quantitative estimate of drug-likeness (QED) is 0.706. The number of carbonyl (C=O) groups is 1. The highest BCUT2D eigenvalue weighted by atomic mass is 32.1. The first-order valence-electron chi connectivity index (χ1n) is 4.03. The largest absolute Gasteiger partial charge is 0.394 e. The molecule has 3 nitrogen and oxygen atoms in total. The van der Waals surface area contributed by atoms with Crippen molar-refractivity contribution in [1.82, 2.24) is 4.98 Å². The second-order valence-corrected chi connectivity index (χ2v) is 3.41. The monoisotopic (exact) mass is 205 g/mol. The van der Waals surface area contributed by atoms with E-state index in [0.29, 0.717) is 10.8 Å². The van der Waals surface area contributed by atoms with E-state index in [1.54, 1.807) is 35.8 Å². The van der Waals surface area contributed by atoms with Crippen LogP contribution in [0.15, 0.2) is 41.9 Å². The predicted octanol–water partition coefficient (Wildman–Crippen LogP) is 2.36. The molecular formula is C10H7NO2S. The van der Waals surface area contributed by atoms with E-state index >= 15 is 0 Å². The topological polar surface area (TPSA) is 39.2 Å². The number of aromatic nitrogens is 1. The van der Waals surface area contributed by atoms with E-state index in [0.717, 1.165) is 0 Å². The van der Waals surface area contributed by atoms with E-state index in [1.165, 1.54) is 11.3 Å². The molecule has 0 N–H and O–H groups in total. The minimum atomic E-state index is -0.374. The number of hydrogen-bond acceptors (Lipinski definition) is 4. The van der Waals surface area contributed by atoms with E-state index in [-0.39, 0.29) is 5.97 Å². The Bertz CT molecular complexity index is 411. The predicted molar refractivity (Wildman–Crippen MR) is 53.5 cm³/mol. The van der Waals surface area contributed by atoms with E-state index < -0.39 is 0 Å². The number of esters is 1. The number of thiazole rings is 1. The third-order valence-corrected chi connectivity index (χ3v) is 2.25. The zero-order valence-electron chi connectivity index (χ0n) is 7.21. The average Bonchev–Trinajstić information content (AvgIpc) is 2.72. The van der Waals surface area contributed by atoms with Crippen LogP contribution in [-0.4, -0.2) is 11.0 Å². The zero-order valence-corrected chi connectivity index (χ0v) is 8.03. The molecular weight excluding hydrogens is 198 g/mol. The molecule has 1 heterocycles. The van der Waals surface area contributed by atoms with Gasteiger partial charge in [-0.15, -0.1) is 0 Å². The molecule has 0 saturated heterocycles. The highest BCUT2D eigenvalue weighted by Gasteiger charge is 2.08. The molecule has 0 aliphatic carbocycles. The molecule has 2 rings (SSSR count). The van der Waals surface area contributed by atoms with Crippen molar-refractivity contribution >= 4 is 17.3 Å². The minimum Gasteiger partial charge on any atom is -0.394 e. The van der Waals surface area contributed by atoms with Crippen molar-refractivity contribution in [3.8, 4) is 5.19 Å². The molecule has 0 radical (unpaired) electrons. The maximum absolute atomic E-state index is 11.5. The number of carbonyl (C=O) groups excluding carboxylic acids is 1. The van der Waals surface area contributed by atoms with Gasteiger partial charge in [-0.25, -0.2) is 9.78 Å². The summed E-state index contributed by atoms with van der Waals surface area (Å²) < 4.78 is 5.01. The smallest absolute Gasteiger partial charge is 0.345 e. The molecule has 0 atom stereocenters. The highest BCUT2D eigenvalue weighted by Crippen LogP contribution is 2.15. The molecule has 4 heteroatoms. The Hall–Kier alpha value is -1.68. The standard InChI is InChI=1S/C10H7NO2S/c12-9(8-4-2-1-3-5-8)13-10-11-6-7-14-10/h1-7H. The van der Waals surface area contributed by atoms with Gasteiger partial charge >= 0.3 is 5.97 Å². The first-order valence-corrected chi connectivity index (χ1v) is 4.91. The third-order valence-electron chi connectivity index (χ3n) is 1.60. The maximum atomic E-state index is 11.5. The molecule has 70 valence electrons. The molecule has 0 amide bonds. The Kier molecular flexibility index (Phi) is 2.55. The number of ether oxygens (including phenoxy) is 1. The molecule has 14 heavy (non-hydrogen) atoms. The van der Waals surface area contributed by atoms with Gasteiger partial charge in [0, 0.05) is 11.6 Å². The lowest BCUT2D eigenvalue weighted by Gasteiger charge is -1.98. The lowest BCUT2D eigenvalue weighted by Crippen LogP contribution is -2.07. The van der Waals surface area contributed by atoms with Crippen LogP contribution in [0.1, 0.15) is 10.4 Å². The SMILES string of the molecule is O=C(Oc1nccs1)c1ccccc1. The van der Waals surface area contributed by atoms with Crippen LogP contribution in [0, 0.1) is 0 Å². The molecule has 0 unspecified atom stereocenters. The number of benzene rings is 1. The second-order valence-electron chi connectivity index (χ2n) is 2.55. The van der Waals surface area contributed by atoms with Crippen molar-refractivity contribution in [2.24, 2.45) is 0 Å². The van der Waals surface area contributed by atoms with Crippen LogP contribution in [-0.2, 0) is 0 Å². The second kappa shape index (κ2) is 4.02. The average molecular weight is 205 g/mol. The fourth-order valence-electron chi connectivity index (χ4n) is 0.973. The lowest BCUT2D eigenvalue weighted by atomic mass is 10.2. The van der Waals surface area contributed by atoms with Gasteiger partial charge in [0.15, 0.2) is 0 Å². The fraction of sp³-hybridized carbons (Fsp3) is 0. The van der Waals surface area contributed by atoms with Crippen molar-refractivity contribution in [2.75, 3.05) is 0 Å². The first-order chi connectivity index (χ1) is 6.86. The summed E-state index contributed by atoms with van der Waals surface area (Å²) >= 11 is 1.29. The van der Waals surface area contributed by atoms with Crippen LogP contribution < -0.4 is 4.74 Å². The van der Waals surface area contributed by atoms with Crippen LogP contribution in [0.5, 0.6) is 5.19 Å². The van der Waals surface area contributed by atoms with Gasteiger partial charge in [-0.3, -0.25) is 0 Å². The number of hydrogen-bond donors (Lipinski definition) is 0. The van der Waals surface area contributed by atoms with Crippen LogP contribution in [0.3, 0.4) is 0 Å². The normalized spacial score (nSPS) is 9.71. The van der Waals surface area contributed by atoms with E-state index in [2.05, 4.69) is 4.98 Å². The van der Waals surface area contributed by atoms with Gasteiger partial charge in [-0.1, -0.05) is 29.5 Å². The Labute approximate surface area is 85.0 Å². The molecule has 0 aliphatic heterocycles. The fourth-order valence-corrected chi connectivity index (χ4v) is 1.46. The van der Waals surface area contributed by atoms with Crippen LogP contribution in [0.2, 0.25) is 0 Å². The summed E-state index contributed by atoms with van der Waals surface area (Å²) in [4.78, 5) is 15.3. The summed E-state index contributed by atoms with van der Waals surface area (Å²) in [5.74, 6) is -0.374. The number of nitrogens with zero attached hydrogens (tertiary/aromatic N) is 1. The maximum Gasteiger partial charge on any atom is 0.345 e. The Morgan fingerprint density at radius 1 is 1.29 bits per heavy atom. The van der Waals surface area contributed by atoms with Gasteiger partial charge in [-0.05, 0) is 12.1 Å².